The summed E-state index contributed by atoms with van der Waals surface area (Å²) in [6, 6.07) is 12.4. The highest BCUT2D eigenvalue weighted by Gasteiger charge is 2.16. The molecule has 1 N–H and O–H groups in total. The number of para-hydroxylation sites is 1. The second-order valence-corrected chi connectivity index (χ2v) is 7.98. The first-order valence-corrected chi connectivity index (χ1v) is 9.90. The Morgan fingerprint density at radius 1 is 1.26 bits per heavy atom. The minimum atomic E-state index is -0.143. The van der Waals surface area contributed by atoms with Gasteiger partial charge in [-0.2, -0.15) is 0 Å². The van der Waals surface area contributed by atoms with Crippen molar-refractivity contribution in [2.24, 2.45) is 12.1 Å². The predicted molar refractivity (Wildman–Crippen MR) is 106 cm³/mol. The summed E-state index contributed by atoms with van der Waals surface area (Å²) in [5.74, 6) is -0.143. The molecule has 0 saturated heterocycles. The fourth-order valence-electron chi connectivity index (χ4n) is 3.80. The van der Waals surface area contributed by atoms with Gasteiger partial charge in [-0.1, -0.05) is 23.5 Å². The Labute approximate surface area is 159 Å². The highest BCUT2D eigenvalue weighted by atomic mass is 32.1. The normalized spacial score (nSPS) is 14.2. The summed E-state index contributed by atoms with van der Waals surface area (Å²) in [4.78, 5) is 13.2. The molecule has 0 radical (unpaired) electrons. The lowest BCUT2D eigenvalue weighted by Gasteiger charge is -2.01. The molecule has 0 unspecified atom stereocenters. The van der Waals surface area contributed by atoms with Crippen molar-refractivity contribution in [1.82, 2.24) is 9.99 Å². The van der Waals surface area contributed by atoms with Gasteiger partial charge in [0.15, 0.2) is 0 Å². The van der Waals surface area contributed by atoms with Crippen molar-refractivity contribution in [3.63, 3.8) is 0 Å². The van der Waals surface area contributed by atoms with E-state index in [4.69, 9.17) is 4.42 Å². The zero-order valence-electron chi connectivity index (χ0n) is 15.0. The van der Waals surface area contributed by atoms with Gasteiger partial charge >= 0.3 is 0 Å². The van der Waals surface area contributed by atoms with E-state index >= 15 is 0 Å². The van der Waals surface area contributed by atoms with Gasteiger partial charge in [-0.25, -0.2) is 5.43 Å². The molecular weight excluding hydrogens is 358 g/mol. The van der Waals surface area contributed by atoms with Crippen LogP contribution in [0.25, 0.3) is 21.2 Å². The van der Waals surface area contributed by atoms with E-state index < -0.39 is 0 Å². The van der Waals surface area contributed by atoms with Gasteiger partial charge < -0.3 is 8.98 Å². The Morgan fingerprint density at radius 2 is 2.07 bits per heavy atom. The number of nitrogens with zero attached hydrogens (tertiary/aromatic N) is 2. The van der Waals surface area contributed by atoms with E-state index in [0.717, 1.165) is 44.4 Å². The number of aryl methyl sites for hydroxylation is 3. The fraction of sp³-hybridized carbons (Fsp3) is 0.238. The van der Waals surface area contributed by atoms with Gasteiger partial charge in [0.2, 0.25) is 10.7 Å². The number of carbonyl (C=O) groups is 1. The van der Waals surface area contributed by atoms with Gasteiger partial charge in [-0.05, 0) is 54.7 Å². The quantitative estimate of drug-likeness (QED) is 0.554. The van der Waals surface area contributed by atoms with Crippen LogP contribution in [0.5, 0.6) is 0 Å². The summed E-state index contributed by atoms with van der Waals surface area (Å²) in [6.45, 7) is 0. The number of carbonyl (C=O) groups excluding carboxylic acids is 1. The number of hydrogen-bond acceptors (Lipinski definition) is 4. The van der Waals surface area contributed by atoms with E-state index in [9.17, 15) is 4.79 Å². The Bertz CT molecular complexity index is 1250. The van der Waals surface area contributed by atoms with E-state index in [0.29, 0.717) is 0 Å². The molecule has 0 fully saturated rings. The molecule has 0 spiro atoms. The third-order valence-corrected chi connectivity index (χ3v) is 6.32. The number of furan rings is 1. The lowest BCUT2D eigenvalue weighted by molar-refractivity contribution is -0.120. The Kier molecular flexibility index (Phi) is 3.86. The van der Waals surface area contributed by atoms with Crippen LogP contribution in [0.4, 0.5) is 0 Å². The molecule has 6 heteroatoms. The first-order valence-electron chi connectivity index (χ1n) is 9.08. The highest BCUT2D eigenvalue weighted by molar-refractivity contribution is 7.16. The molecule has 2 aromatic heterocycles. The number of aromatic nitrogens is 1. The van der Waals surface area contributed by atoms with Gasteiger partial charge in [-0.3, -0.25) is 4.79 Å². The van der Waals surface area contributed by atoms with Crippen molar-refractivity contribution in [1.29, 1.82) is 0 Å². The molecule has 1 aliphatic rings. The average Bonchev–Trinajstić information content (AvgIpc) is 3.37. The molecule has 0 bridgehead atoms. The molecule has 2 heterocycles. The van der Waals surface area contributed by atoms with Crippen LogP contribution in [0.2, 0.25) is 0 Å². The fourth-order valence-corrected chi connectivity index (χ4v) is 4.78. The molecular formula is C21H19N3O2S. The summed E-state index contributed by atoms with van der Waals surface area (Å²) < 4.78 is 8.81. The Hall–Kier alpha value is -2.86. The minimum absolute atomic E-state index is 0.143. The largest absolute Gasteiger partial charge is 0.464 e. The summed E-state index contributed by atoms with van der Waals surface area (Å²) >= 11 is 1.55. The summed E-state index contributed by atoms with van der Waals surface area (Å²) in [5.41, 5.74) is 8.33. The number of benzene rings is 2. The first kappa shape index (κ1) is 16.3. The van der Waals surface area contributed by atoms with E-state index in [2.05, 4.69) is 28.7 Å². The van der Waals surface area contributed by atoms with Crippen LogP contribution in [0.3, 0.4) is 0 Å². The predicted octanol–water partition coefficient (Wildman–Crippen LogP) is 3.65. The van der Waals surface area contributed by atoms with Crippen molar-refractivity contribution in [3.8, 4) is 0 Å². The lowest BCUT2D eigenvalue weighted by atomic mass is 10.0. The van der Waals surface area contributed by atoms with Gasteiger partial charge in [0.25, 0.3) is 0 Å². The van der Waals surface area contributed by atoms with Crippen LogP contribution in [0, 0.1) is 0 Å². The maximum Gasteiger partial charge on any atom is 0.244 e. The average molecular weight is 377 g/mol. The Balaban J connectivity index is 1.39. The third kappa shape index (κ3) is 2.86. The van der Waals surface area contributed by atoms with Crippen LogP contribution in [-0.2, 0) is 31.1 Å². The molecule has 1 amide bonds. The smallest absolute Gasteiger partial charge is 0.244 e. The molecule has 4 aromatic rings. The maximum absolute atomic E-state index is 12.4. The van der Waals surface area contributed by atoms with Crippen molar-refractivity contribution in [2.45, 2.75) is 25.7 Å². The Morgan fingerprint density at radius 3 is 2.93 bits per heavy atom. The second-order valence-electron chi connectivity index (χ2n) is 6.97. The number of amides is 1. The molecule has 2 aromatic carbocycles. The van der Waals surface area contributed by atoms with Gasteiger partial charge in [0, 0.05) is 18.0 Å². The van der Waals surface area contributed by atoms with E-state index in [1.807, 2.05) is 29.8 Å². The minimum Gasteiger partial charge on any atom is -0.464 e. The number of thiazole rings is 1. The number of nitrogens with one attached hydrogen (secondary N) is 1. The van der Waals surface area contributed by atoms with Gasteiger partial charge in [-0.15, -0.1) is 5.10 Å². The van der Waals surface area contributed by atoms with E-state index in [1.54, 1.807) is 17.6 Å². The molecule has 0 saturated carbocycles. The van der Waals surface area contributed by atoms with Crippen LogP contribution in [-0.4, -0.2) is 10.5 Å². The highest BCUT2D eigenvalue weighted by Crippen LogP contribution is 2.30. The zero-order chi connectivity index (χ0) is 18.4. The number of hydrogen-bond donors (Lipinski definition) is 1. The molecule has 0 atom stereocenters. The number of fused-ring (bicyclic) bond motifs is 3. The SMILES string of the molecule is Cn1c(=NNC(=O)Cc2coc3cc4c(cc23)CCC4)sc2ccccc21. The van der Waals surface area contributed by atoms with E-state index in [-0.39, 0.29) is 12.3 Å². The molecule has 136 valence electrons. The summed E-state index contributed by atoms with van der Waals surface area (Å²) in [5, 5.41) is 5.35. The van der Waals surface area contributed by atoms with Crippen LogP contribution < -0.4 is 10.2 Å². The monoisotopic (exact) mass is 377 g/mol. The van der Waals surface area contributed by atoms with E-state index in [1.165, 1.54) is 17.5 Å². The van der Waals surface area contributed by atoms with Crippen LogP contribution in [0.1, 0.15) is 23.1 Å². The molecule has 5 rings (SSSR count). The first-order chi connectivity index (χ1) is 13.2. The van der Waals surface area contributed by atoms with Crippen molar-refractivity contribution in [3.05, 3.63) is 64.2 Å². The molecule has 5 nitrogen and oxygen atoms in total. The van der Waals surface area contributed by atoms with Crippen LogP contribution >= 0.6 is 11.3 Å². The standard InChI is InChI=1S/C21H19N3O2S/c1-24-17-7-2-3-8-19(17)27-21(24)23-22-20(25)11-15-12-26-18-10-14-6-4-5-13(14)9-16(15)18/h2-3,7-10,12H,4-6,11H2,1H3,(H,22,25). The number of rotatable bonds is 3. The lowest BCUT2D eigenvalue weighted by Crippen LogP contribution is -2.24. The zero-order valence-corrected chi connectivity index (χ0v) is 15.8. The molecule has 0 aliphatic heterocycles. The van der Waals surface area contributed by atoms with Crippen molar-refractivity contribution < 1.29 is 9.21 Å². The van der Waals surface area contributed by atoms with Gasteiger partial charge in [0.1, 0.15) is 5.58 Å². The van der Waals surface area contributed by atoms with Crippen molar-refractivity contribution >= 4 is 38.4 Å². The molecule has 1 aliphatic carbocycles. The third-order valence-electron chi connectivity index (χ3n) is 5.21. The maximum atomic E-state index is 12.4. The summed E-state index contributed by atoms with van der Waals surface area (Å²) in [7, 11) is 1.95. The molecule has 27 heavy (non-hydrogen) atoms. The van der Waals surface area contributed by atoms with Crippen molar-refractivity contribution in [2.75, 3.05) is 0 Å². The van der Waals surface area contributed by atoms with Gasteiger partial charge in [0.05, 0.1) is 22.9 Å². The van der Waals surface area contributed by atoms with Crippen LogP contribution in [0.15, 0.2) is 52.2 Å². The second kappa shape index (κ2) is 6.39. The topological polar surface area (TPSA) is 59.5 Å². The summed E-state index contributed by atoms with van der Waals surface area (Å²) in [6.07, 6.45) is 5.37.